The van der Waals surface area contributed by atoms with Gasteiger partial charge in [-0.1, -0.05) is 15.9 Å². The van der Waals surface area contributed by atoms with Crippen molar-refractivity contribution in [2.75, 3.05) is 5.75 Å². The van der Waals surface area contributed by atoms with E-state index in [4.69, 9.17) is 5.73 Å². The lowest BCUT2D eigenvalue weighted by Crippen LogP contribution is -2.47. The van der Waals surface area contributed by atoms with Crippen molar-refractivity contribution in [3.63, 3.8) is 0 Å². The predicted octanol–water partition coefficient (Wildman–Crippen LogP) is 2.53. The number of halogens is 2. The van der Waals surface area contributed by atoms with Crippen LogP contribution in [0, 0.1) is 5.82 Å². The third-order valence-corrected chi connectivity index (χ3v) is 5.57. The molecule has 0 amide bonds. The second-order valence-corrected chi connectivity index (χ2v) is 7.68. The van der Waals surface area contributed by atoms with E-state index in [1.165, 1.54) is 6.07 Å². The van der Waals surface area contributed by atoms with Crippen LogP contribution in [0.2, 0.25) is 0 Å². The van der Waals surface area contributed by atoms with Gasteiger partial charge in [-0.15, -0.1) is 0 Å². The summed E-state index contributed by atoms with van der Waals surface area (Å²) in [5, 5.41) is 0. The van der Waals surface area contributed by atoms with E-state index in [1.54, 1.807) is 26.0 Å². The number of rotatable bonds is 1. The average Bonchev–Trinajstić information content (AvgIpc) is 2.29. The molecule has 1 aromatic carbocycles. The van der Waals surface area contributed by atoms with Gasteiger partial charge < -0.3 is 5.73 Å². The van der Waals surface area contributed by atoms with E-state index in [-0.39, 0.29) is 5.82 Å². The molecule has 6 heteroatoms. The molecule has 0 saturated heterocycles. The largest absolute Gasteiger partial charge is 0.386 e. The van der Waals surface area contributed by atoms with Crippen LogP contribution in [-0.2, 0) is 10.8 Å². The minimum Gasteiger partial charge on any atom is -0.386 e. The molecule has 0 fully saturated rings. The van der Waals surface area contributed by atoms with E-state index in [9.17, 15) is 8.60 Å². The van der Waals surface area contributed by atoms with Crippen molar-refractivity contribution in [1.29, 1.82) is 0 Å². The Morgan fingerprint density at radius 1 is 1.56 bits per heavy atom. The molecule has 18 heavy (non-hydrogen) atoms. The summed E-state index contributed by atoms with van der Waals surface area (Å²) in [5.74, 6) is 0.258. The number of hydrogen-bond acceptors (Lipinski definition) is 3. The van der Waals surface area contributed by atoms with Gasteiger partial charge in [0, 0.05) is 20.8 Å². The van der Waals surface area contributed by atoms with Crippen molar-refractivity contribution in [1.82, 2.24) is 0 Å². The number of hydrogen-bond donors (Lipinski definition) is 1. The summed E-state index contributed by atoms with van der Waals surface area (Å²) in [6, 6.07) is 4.17. The van der Waals surface area contributed by atoms with Gasteiger partial charge in [0.05, 0.1) is 16.5 Å². The van der Waals surface area contributed by atoms with E-state index >= 15 is 0 Å². The number of benzene rings is 1. The maximum Gasteiger partial charge on any atom is 0.128 e. The highest BCUT2D eigenvalue weighted by molar-refractivity contribution is 9.10. The summed E-state index contributed by atoms with van der Waals surface area (Å²) >= 11 is 3.29. The Balaban J connectivity index is 2.45. The molecular formula is C12H14BrFN2OS. The summed E-state index contributed by atoms with van der Waals surface area (Å²) in [6.07, 6.45) is 0. The normalized spacial score (nSPS) is 26.8. The summed E-state index contributed by atoms with van der Waals surface area (Å²) in [5.41, 5.74) is 6.27. The molecule has 0 bridgehead atoms. The first-order chi connectivity index (χ1) is 8.32. The second kappa shape index (κ2) is 4.74. The second-order valence-electron chi connectivity index (χ2n) is 4.72. The van der Waals surface area contributed by atoms with Crippen molar-refractivity contribution < 1.29 is 8.60 Å². The number of aliphatic imine (C=N–C) groups is 1. The summed E-state index contributed by atoms with van der Waals surface area (Å²) in [7, 11) is -1.16. The highest BCUT2D eigenvalue weighted by atomic mass is 79.9. The maximum absolute atomic E-state index is 13.8. The van der Waals surface area contributed by atoms with Crippen LogP contribution in [0.1, 0.15) is 25.5 Å². The summed E-state index contributed by atoms with van der Waals surface area (Å²) in [4.78, 5) is 4.30. The molecule has 2 N–H and O–H groups in total. The molecule has 2 unspecified atom stereocenters. The highest BCUT2D eigenvalue weighted by Gasteiger charge is 2.37. The number of nitrogens with two attached hydrogens (primary N) is 1. The van der Waals surface area contributed by atoms with Crippen molar-refractivity contribution >= 4 is 32.6 Å². The lowest BCUT2D eigenvalue weighted by atomic mass is 10.1. The van der Waals surface area contributed by atoms with E-state index in [0.717, 1.165) is 4.47 Å². The molecule has 0 spiro atoms. The first kappa shape index (κ1) is 13.7. The average molecular weight is 333 g/mol. The zero-order valence-corrected chi connectivity index (χ0v) is 12.5. The number of nitrogens with zero attached hydrogens (tertiary/aromatic N) is 1. The quantitative estimate of drug-likeness (QED) is 0.859. The molecule has 2 atom stereocenters. The highest BCUT2D eigenvalue weighted by Crippen LogP contribution is 2.31. The zero-order chi connectivity index (χ0) is 13.5. The Kier molecular flexibility index (Phi) is 3.60. The monoisotopic (exact) mass is 332 g/mol. The molecule has 0 aliphatic carbocycles. The Bertz CT molecular complexity index is 545. The van der Waals surface area contributed by atoms with Gasteiger partial charge in [0.2, 0.25) is 0 Å². The Labute approximate surface area is 116 Å². The van der Waals surface area contributed by atoms with Gasteiger partial charge in [-0.05, 0) is 32.0 Å². The molecule has 1 aliphatic rings. The topological polar surface area (TPSA) is 55.4 Å². The van der Waals surface area contributed by atoms with Gasteiger partial charge in [0.25, 0.3) is 0 Å². The smallest absolute Gasteiger partial charge is 0.128 e. The lowest BCUT2D eigenvalue weighted by molar-refractivity contribution is 0.587. The van der Waals surface area contributed by atoms with E-state index in [0.29, 0.717) is 17.2 Å². The minimum absolute atomic E-state index is 0.293. The third kappa shape index (κ3) is 2.36. The van der Waals surface area contributed by atoms with Crippen molar-refractivity contribution in [3.05, 3.63) is 34.1 Å². The van der Waals surface area contributed by atoms with Gasteiger partial charge in [0.15, 0.2) is 0 Å². The van der Waals surface area contributed by atoms with Gasteiger partial charge in [0.1, 0.15) is 11.7 Å². The van der Waals surface area contributed by atoms with Crippen molar-refractivity contribution in [2.45, 2.75) is 24.6 Å². The first-order valence-electron chi connectivity index (χ1n) is 5.49. The Hall–Kier alpha value is -0.750. The van der Waals surface area contributed by atoms with Crippen molar-refractivity contribution in [2.24, 2.45) is 10.7 Å². The molecule has 3 nitrogen and oxygen atoms in total. The van der Waals surface area contributed by atoms with Crippen LogP contribution in [0.15, 0.2) is 27.7 Å². The fourth-order valence-electron chi connectivity index (χ4n) is 1.76. The van der Waals surface area contributed by atoms with Crippen LogP contribution in [-0.4, -0.2) is 20.5 Å². The van der Waals surface area contributed by atoms with Gasteiger partial charge in [-0.2, -0.15) is 0 Å². The summed E-state index contributed by atoms with van der Waals surface area (Å²) in [6.45, 7) is 3.57. The maximum atomic E-state index is 13.8. The first-order valence-corrected chi connectivity index (χ1v) is 7.60. The Morgan fingerprint density at radius 3 is 2.83 bits per heavy atom. The molecule has 1 heterocycles. The molecule has 1 aliphatic heterocycles. The zero-order valence-electron chi connectivity index (χ0n) is 10.1. The van der Waals surface area contributed by atoms with Crippen LogP contribution in [0.4, 0.5) is 4.39 Å². The molecule has 2 rings (SSSR count). The fraction of sp³-hybridized carbons (Fsp3) is 0.417. The molecule has 0 aromatic heterocycles. The molecule has 1 aromatic rings. The fourth-order valence-corrected chi connectivity index (χ4v) is 3.38. The number of amidine groups is 1. The van der Waals surface area contributed by atoms with E-state index in [1.807, 2.05) is 0 Å². The van der Waals surface area contributed by atoms with Gasteiger partial charge in [-0.25, -0.2) is 4.39 Å². The summed E-state index contributed by atoms with van der Waals surface area (Å²) < 4.78 is 26.0. The SMILES string of the molecule is CC1(C)C(N)=NC(c2cc(Br)ccc2F)CS1=O. The third-order valence-electron chi connectivity index (χ3n) is 3.11. The van der Waals surface area contributed by atoms with Crippen LogP contribution in [0.25, 0.3) is 0 Å². The predicted molar refractivity (Wildman–Crippen MR) is 75.6 cm³/mol. The Morgan fingerprint density at radius 2 is 2.22 bits per heavy atom. The molecule has 98 valence electrons. The standard InChI is InChI=1S/C12H14BrFN2OS/c1-12(2)11(15)16-10(6-18(12)17)8-5-7(13)3-4-9(8)14/h3-5,10H,6H2,1-2H3,(H2,15,16). The van der Waals surface area contributed by atoms with Gasteiger partial charge in [-0.3, -0.25) is 9.20 Å². The molecular weight excluding hydrogens is 319 g/mol. The minimum atomic E-state index is -1.16. The van der Waals surface area contributed by atoms with E-state index in [2.05, 4.69) is 20.9 Å². The van der Waals surface area contributed by atoms with Crippen molar-refractivity contribution in [3.8, 4) is 0 Å². The lowest BCUT2D eigenvalue weighted by Gasteiger charge is -2.31. The van der Waals surface area contributed by atoms with Crippen LogP contribution in [0.5, 0.6) is 0 Å². The van der Waals surface area contributed by atoms with E-state index < -0.39 is 21.6 Å². The van der Waals surface area contributed by atoms with Gasteiger partial charge >= 0.3 is 0 Å². The molecule has 0 saturated carbocycles. The van der Waals surface area contributed by atoms with Crippen LogP contribution >= 0.6 is 15.9 Å². The van der Waals surface area contributed by atoms with Crippen LogP contribution in [0.3, 0.4) is 0 Å². The van der Waals surface area contributed by atoms with Crippen LogP contribution < -0.4 is 5.73 Å². The molecule has 0 radical (unpaired) electrons.